The molecule has 0 bridgehead atoms. The van der Waals surface area contributed by atoms with Crippen LogP contribution in [0.25, 0.3) is 0 Å². The lowest BCUT2D eigenvalue weighted by Gasteiger charge is -2.09. The molecule has 3 aromatic rings. The number of aromatic nitrogens is 2. The third-order valence-corrected chi connectivity index (χ3v) is 4.08. The largest absolute Gasteiger partial charge is 0.489 e. The number of nitrogens with zero attached hydrogens (tertiary/aromatic N) is 2. The Labute approximate surface area is 144 Å². The van der Waals surface area contributed by atoms with Gasteiger partial charge in [0.05, 0.1) is 17.1 Å². The highest BCUT2D eigenvalue weighted by Crippen LogP contribution is 2.19. The summed E-state index contributed by atoms with van der Waals surface area (Å²) in [6.45, 7) is 2.36. The van der Waals surface area contributed by atoms with Crippen LogP contribution >= 0.6 is 11.3 Å². The predicted octanol–water partition coefficient (Wildman–Crippen LogP) is 3.61. The number of amides is 1. The van der Waals surface area contributed by atoms with Crippen LogP contribution < -0.4 is 10.1 Å². The number of carbonyl (C=O) groups is 1. The van der Waals surface area contributed by atoms with Crippen LogP contribution in [0, 0.1) is 6.92 Å². The molecule has 6 heteroatoms. The lowest BCUT2D eigenvalue weighted by molar-refractivity contribution is -0.115. The average Bonchev–Trinajstić information content (AvgIpc) is 2.99. The minimum absolute atomic E-state index is 0.0929. The number of pyridine rings is 1. The van der Waals surface area contributed by atoms with Crippen LogP contribution in [0.3, 0.4) is 0 Å². The van der Waals surface area contributed by atoms with Gasteiger partial charge >= 0.3 is 0 Å². The Morgan fingerprint density at radius 2 is 2.21 bits per heavy atom. The lowest BCUT2D eigenvalue weighted by Crippen LogP contribution is -2.14. The molecule has 1 aromatic carbocycles. The molecule has 0 aliphatic rings. The Hall–Kier alpha value is -2.73. The molecule has 0 saturated heterocycles. The van der Waals surface area contributed by atoms with Crippen LogP contribution in [0.2, 0.25) is 0 Å². The number of benzene rings is 1. The molecule has 0 aliphatic carbocycles. The van der Waals surface area contributed by atoms with Gasteiger partial charge in [-0.3, -0.25) is 9.78 Å². The van der Waals surface area contributed by atoms with E-state index in [-0.39, 0.29) is 12.3 Å². The molecule has 0 atom stereocenters. The number of thiazole rings is 1. The van der Waals surface area contributed by atoms with Crippen molar-refractivity contribution in [3.05, 3.63) is 70.4 Å². The van der Waals surface area contributed by atoms with Gasteiger partial charge in [0, 0.05) is 35.1 Å². The summed E-state index contributed by atoms with van der Waals surface area (Å²) in [5.74, 6) is 0.603. The highest BCUT2D eigenvalue weighted by molar-refractivity contribution is 7.09. The molecular formula is C18H17N3O2S. The zero-order valence-electron chi connectivity index (χ0n) is 13.2. The fourth-order valence-electron chi connectivity index (χ4n) is 2.17. The monoisotopic (exact) mass is 339 g/mol. The molecule has 24 heavy (non-hydrogen) atoms. The fourth-order valence-corrected chi connectivity index (χ4v) is 2.79. The molecule has 2 heterocycles. The second-order valence-electron chi connectivity index (χ2n) is 5.26. The Kier molecular flexibility index (Phi) is 5.18. The summed E-state index contributed by atoms with van der Waals surface area (Å²) in [5.41, 5.74) is 2.49. The van der Waals surface area contributed by atoms with Gasteiger partial charge in [-0.1, -0.05) is 12.1 Å². The van der Waals surface area contributed by atoms with Gasteiger partial charge in [0.25, 0.3) is 0 Å². The second-order valence-corrected chi connectivity index (χ2v) is 6.32. The summed E-state index contributed by atoms with van der Waals surface area (Å²) >= 11 is 1.54. The van der Waals surface area contributed by atoms with Gasteiger partial charge in [-0.25, -0.2) is 4.98 Å². The van der Waals surface area contributed by atoms with Crippen molar-refractivity contribution in [3.63, 3.8) is 0 Å². The van der Waals surface area contributed by atoms with E-state index in [9.17, 15) is 4.79 Å². The maximum Gasteiger partial charge on any atom is 0.230 e. The Bertz CT molecular complexity index is 818. The van der Waals surface area contributed by atoms with Crippen molar-refractivity contribution in [2.75, 3.05) is 5.32 Å². The van der Waals surface area contributed by atoms with Gasteiger partial charge in [-0.05, 0) is 25.1 Å². The topological polar surface area (TPSA) is 64.1 Å². The summed E-state index contributed by atoms with van der Waals surface area (Å²) in [7, 11) is 0. The first-order chi connectivity index (χ1) is 11.7. The number of anilines is 1. The standard InChI is InChI=1S/C18H17N3O2S/c1-13-20-16(12-24-13)9-18(22)21-15-5-2-6-17(8-15)23-11-14-4-3-7-19-10-14/h2-8,10,12H,9,11H2,1H3,(H,21,22). The van der Waals surface area contributed by atoms with E-state index in [1.54, 1.807) is 29.8 Å². The summed E-state index contributed by atoms with van der Waals surface area (Å²) in [4.78, 5) is 20.4. The van der Waals surface area contributed by atoms with Crippen molar-refractivity contribution in [3.8, 4) is 5.75 Å². The second kappa shape index (κ2) is 7.70. The summed E-state index contributed by atoms with van der Waals surface area (Å²) in [6, 6.07) is 11.2. The zero-order chi connectivity index (χ0) is 16.8. The molecule has 2 aromatic heterocycles. The van der Waals surface area contributed by atoms with Gasteiger partial charge in [-0.2, -0.15) is 0 Å². The van der Waals surface area contributed by atoms with Crippen LogP contribution in [0.5, 0.6) is 5.75 Å². The Balaban J connectivity index is 1.57. The highest BCUT2D eigenvalue weighted by atomic mass is 32.1. The van der Waals surface area contributed by atoms with Crippen LogP contribution in [0.1, 0.15) is 16.3 Å². The third kappa shape index (κ3) is 4.63. The van der Waals surface area contributed by atoms with Crippen molar-refractivity contribution >= 4 is 22.9 Å². The minimum Gasteiger partial charge on any atom is -0.489 e. The quantitative estimate of drug-likeness (QED) is 0.745. The first-order valence-electron chi connectivity index (χ1n) is 7.52. The molecular weight excluding hydrogens is 322 g/mol. The summed E-state index contributed by atoms with van der Waals surface area (Å²) < 4.78 is 5.73. The number of rotatable bonds is 6. The molecule has 0 saturated carbocycles. The lowest BCUT2D eigenvalue weighted by atomic mass is 10.2. The van der Waals surface area contributed by atoms with Crippen LogP contribution in [0.4, 0.5) is 5.69 Å². The van der Waals surface area contributed by atoms with Crippen molar-refractivity contribution < 1.29 is 9.53 Å². The normalized spacial score (nSPS) is 10.4. The van der Waals surface area contributed by atoms with E-state index < -0.39 is 0 Å². The third-order valence-electron chi connectivity index (χ3n) is 3.25. The Morgan fingerprint density at radius 3 is 2.96 bits per heavy atom. The maximum absolute atomic E-state index is 12.1. The number of hydrogen-bond acceptors (Lipinski definition) is 5. The number of carbonyl (C=O) groups excluding carboxylic acids is 1. The SMILES string of the molecule is Cc1nc(CC(=O)Nc2cccc(OCc3cccnc3)c2)cs1. The molecule has 0 fully saturated rings. The van der Waals surface area contributed by atoms with Gasteiger partial charge in [-0.15, -0.1) is 11.3 Å². The first kappa shape index (κ1) is 16.1. The van der Waals surface area contributed by atoms with Gasteiger partial charge in [0.1, 0.15) is 12.4 Å². The Morgan fingerprint density at radius 1 is 1.29 bits per heavy atom. The van der Waals surface area contributed by atoms with Gasteiger partial charge in [0.2, 0.25) is 5.91 Å². The van der Waals surface area contributed by atoms with Crippen molar-refractivity contribution in [1.29, 1.82) is 0 Å². The van der Waals surface area contributed by atoms with Gasteiger partial charge in [0.15, 0.2) is 0 Å². The smallest absolute Gasteiger partial charge is 0.230 e. The first-order valence-corrected chi connectivity index (χ1v) is 8.39. The minimum atomic E-state index is -0.0929. The van der Waals surface area contributed by atoms with E-state index in [1.807, 2.05) is 42.6 Å². The van der Waals surface area contributed by atoms with E-state index in [1.165, 1.54) is 0 Å². The molecule has 0 radical (unpaired) electrons. The molecule has 1 N–H and O–H groups in total. The van der Waals surface area contributed by atoms with E-state index in [0.29, 0.717) is 18.0 Å². The zero-order valence-corrected chi connectivity index (χ0v) is 14.0. The highest BCUT2D eigenvalue weighted by Gasteiger charge is 2.07. The molecule has 1 amide bonds. The van der Waals surface area contributed by atoms with E-state index in [2.05, 4.69) is 15.3 Å². The molecule has 3 rings (SSSR count). The molecule has 0 aliphatic heterocycles. The summed E-state index contributed by atoms with van der Waals surface area (Å²) in [6.07, 6.45) is 3.76. The van der Waals surface area contributed by atoms with Crippen LogP contribution in [-0.2, 0) is 17.8 Å². The average molecular weight is 339 g/mol. The molecule has 0 spiro atoms. The van der Waals surface area contributed by atoms with E-state index >= 15 is 0 Å². The van der Waals surface area contributed by atoms with Crippen LogP contribution in [0.15, 0.2) is 54.2 Å². The number of ether oxygens (including phenoxy) is 1. The molecule has 122 valence electrons. The van der Waals surface area contributed by atoms with E-state index in [0.717, 1.165) is 16.3 Å². The number of nitrogens with one attached hydrogen (secondary N) is 1. The molecule has 5 nitrogen and oxygen atoms in total. The predicted molar refractivity (Wildman–Crippen MR) is 94.2 cm³/mol. The molecule has 0 unspecified atom stereocenters. The summed E-state index contributed by atoms with van der Waals surface area (Å²) in [5, 5.41) is 5.74. The number of aryl methyl sites for hydroxylation is 1. The van der Waals surface area contributed by atoms with Crippen molar-refractivity contribution in [2.24, 2.45) is 0 Å². The van der Waals surface area contributed by atoms with E-state index in [4.69, 9.17) is 4.74 Å². The number of hydrogen-bond donors (Lipinski definition) is 1. The van der Waals surface area contributed by atoms with Crippen LogP contribution in [-0.4, -0.2) is 15.9 Å². The maximum atomic E-state index is 12.1. The van der Waals surface area contributed by atoms with Crippen molar-refractivity contribution in [2.45, 2.75) is 20.0 Å². The van der Waals surface area contributed by atoms with Gasteiger partial charge < -0.3 is 10.1 Å². The van der Waals surface area contributed by atoms with Crippen molar-refractivity contribution in [1.82, 2.24) is 9.97 Å². The fraction of sp³-hybridized carbons (Fsp3) is 0.167.